The molecule has 0 bridgehead atoms. The number of para-hydroxylation sites is 1. The van der Waals surface area contributed by atoms with Crippen molar-refractivity contribution in [2.24, 2.45) is 0 Å². The standard InChI is InChI=1S/C28H20N4O5/c33-22(34)16-30-27(36)24-26(35)21-14-20(17-8-3-1-4-9-17)28(37)32(19-11-5-2-6-12-19)25(21)23(31-24)18-10-7-13-29-15-18/h1-15,35H,16H2,(H,30,36)(H,33,34). The molecule has 0 fully saturated rings. The van der Waals surface area contributed by atoms with Crippen LogP contribution in [0, 0.1) is 0 Å². The van der Waals surface area contributed by atoms with Gasteiger partial charge in [-0.3, -0.25) is 23.9 Å². The SMILES string of the molecule is O=C(O)CNC(=O)c1nc(-c2cccnc2)c2c(cc(-c3ccccc3)c(=O)n2-c2ccccc2)c1O. The molecule has 0 spiro atoms. The van der Waals surface area contributed by atoms with E-state index in [9.17, 15) is 19.5 Å². The summed E-state index contributed by atoms with van der Waals surface area (Å²) < 4.78 is 1.45. The number of carboxylic acids is 1. The molecule has 37 heavy (non-hydrogen) atoms. The zero-order valence-electron chi connectivity index (χ0n) is 19.3. The zero-order chi connectivity index (χ0) is 25.9. The predicted molar refractivity (Wildman–Crippen MR) is 138 cm³/mol. The lowest BCUT2D eigenvalue weighted by molar-refractivity contribution is -0.135. The van der Waals surface area contributed by atoms with E-state index in [1.165, 1.54) is 16.8 Å². The lowest BCUT2D eigenvalue weighted by Crippen LogP contribution is -2.30. The molecule has 3 aromatic heterocycles. The second kappa shape index (κ2) is 9.74. The lowest BCUT2D eigenvalue weighted by Gasteiger charge is -2.18. The Morgan fingerprint density at radius 2 is 1.59 bits per heavy atom. The molecule has 2 aromatic carbocycles. The molecule has 0 aliphatic carbocycles. The number of aromatic nitrogens is 3. The van der Waals surface area contributed by atoms with E-state index in [1.807, 2.05) is 12.1 Å². The summed E-state index contributed by atoms with van der Waals surface area (Å²) in [7, 11) is 0. The van der Waals surface area contributed by atoms with Crippen LogP contribution in [0.1, 0.15) is 10.5 Å². The first-order valence-corrected chi connectivity index (χ1v) is 11.3. The Labute approximate surface area is 210 Å². The third kappa shape index (κ3) is 4.41. The smallest absolute Gasteiger partial charge is 0.322 e. The summed E-state index contributed by atoms with van der Waals surface area (Å²) in [6.07, 6.45) is 3.10. The average Bonchev–Trinajstić information content (AvgIpc) is 2.93. The number of rotatable bonds is 6. The van der Waals surface area contributed by atoms with E-state index in [2.05, 4.69) is 15.3 Å². The Balaban J connectivity index is 1.93. The molecule has 0 aliphatic heterocycles. The summed E-state index contributed by atoms with van der Waals surface area (Å²) >= 11 is 0. The topological polar surface area (TPSA) is 134 Å². The normalized spacial score (nSPS) is 10.8. The molecule has 3 N–H and O–H groups in total. The first-order valence-electron chi connectivity index (χ1n) is 11.3. The van der Waals surface area contributed by atoms with Gasteiger partial charge in [0.25, 0.3) is 11.5 Å². The van der Waals surface area contributed by atoms with Crippen LogP contribution in [0.25, 0.3) is 39.0 Å². The molecule has 3 heterocycles. The number of aliphatic carboxylic acids is 1. The molecule has 5 rings (SSSR count). The number of benzene rings is 2. The summed E-state index contributed by atoms with van der Waals surface area (Å²) in [5.74, 6) is -2.59. The molecule has 0 saturated heterocycles. The summed E-state index contributed by atoms with van der Waals surface area (Å²) in [6.45, 7) is -0.654. The van der Waals surface area contributed by atoms with Gasteiger partial charge < -0.3 is 15.5 Å². The molecule has 0 unspecified atom stereocenters. The van der Waals surface area contributed by atoms with Crippen LogP contribution in [-0.2, 0) is 4.79 Å². The van der Waals surface area contributed by atoms with Crippen LogP contribution in [0.5, 0.6) is 5.75 Å². The minimum atomic E-state index is -1.25. The summed E-state index contributed by atoms with van der Waals surface area (Å²) in [6, 6.07) is 22.8. The first kappa shape index (κ1) is 23.4. The number of nitrogens with one attached hydrogen (secondary N) is 1. The first-order chi connectivity index (χ1) is 18.0. The van der Waals surface area contributed by atoms with Crippen molar-refractivity contribution in [1.29, 1.82) is 0 Å². The van der Waals surface area contributed by atoms with Gasteiger partial charge in [0.1, 0.15) is 6.54 Å². The van der Waals surface area contributed by atoms with Crippen molar-refractivity contribution < 1.29 is 19.8 Å². The van der Waals surface area contributed by atoms with Crippen LogP contribution in [-0.4, -0.2) is 43.2 Å². The number of carbonyl (C=O) groups excluding carboxylic acids is 1. The van der Waals surface area contributed by atoms with Crippen LogP contribution < -0.4 is 10.9 Å². The van der Waals surface area contributed by atoms with E-state index < -0.39 is 24.2 Å². The minimum Gasteiger partial charge on any atom is -0.505 e. The number of nitrogens with zero attached hydrogens (tertiary/aromatic N) is 3. The molecule has 0 aliphatic rings. The van der Waals surface area contributed by atoms with Crippen molar-refractivity contribution in [3.63, 3.8) is 0 Å². The van der Waals surface area contributed by atoms with Gasteiger partial charge in [0.2, 0.25) is 0 Å². The van der Waals surface area contributed by atoms with Crippen LogP contribution in [0.3, 0.4) is 0 Å². The number of hydrogen-bond acceptors (Lipinski definition) is 6. The van der Waals surface area contributed by atoms with Crippen LogP contribution >= 0.6 is 0 Å². The van der Waals surface area contributed by atoms with E-state index in [0.717, 1.165) is 0 Å². The van der Waals surface area contributed by atoms with E-state index in [0.29, 0.717) is 22.4 Å². The Morgan fingerprint density at radius 1 is 0.919 bits per heavy atom. The molecule has 9 heteroatoms. The van der Waals surface area contributed by atoms with Gasteiger partial charge in [0, 0.05) is 34.6 Å². The van der Waals surface area contributed by atoms with Gasteiger partial charge >= 0.3 is 5.97 Å². The van der Waals surface area contributed by atoms with Crippen LogP contribution in [0.15, 0.2) is 96.1 Å². The molecular formula is C28H20N4O5. The largest absolute Gasteiger partial charge is 0.505 e. The van der Waals surface area contributed by atoms with Crippen molar-refractivity contribution in [3.8, 4) is 33.8 Å². The van der Waals surface area contributed by atoms with Gasteiger partial charge in [-0.2, -0.15) is 0 Å². The van der Waals surface area contributed by atoms with Crippen molar-refractivity contribution in [3.05, 3.63) is 107 Å². The summed E-state index contributed by atoms with van der Waals surface area (Å²) in [5.41, 5.74) is 1.73. The highest BCUT2D eigenvalue weighted by molar-refractivity contribution is 6.06. The van der Waals surface area contributed by atoms with Gasteiger partial charge in [-0.25, -0.2) is 4.98 Å². The second-order valence-electron chi connectivity index (χ2n) is 8.14. The Morgan fingerprint density at radius 3 is 2.24 bits per heavy atom. The fourth-order valence-electron chi connectivity index (χ4n) is 4.13. The third-order valence-corrected chi connectivity index (χ3v) is 5.78. The van der Waals surface area contributed by atoms with Gasteiger partial charge in [-0.1, -0.05) is 48.5 Å². The average molecular weight is 492 g/mol. The molecule has 0 radical (unpaired) electrons. The monoisotopic (exact) mass is 492 g/mol. The van der Waals surface area contributed by atoms with Crippen molar-refractivity contribution >= 4 is 22.8 Å². The summed E-state index contributed by atoms with van der Waals surface area (Å²) in [5, 5.41) is 22.7. The number of pyridine rings is 3. The van der Waals surface area contributed by atoms with E-state index in [1.54, 1.807) is 66.9 Å². The van der Waals surface area contributed by atoms with E-state index in [4.69, 9.17) is 5.11 Å². The maximum atomic E-state index is 14.0. The van der Waals surface area contributed by atoms with Gasteiger partial charge in [0.15, 0.2) is 11.4 Å². The summed E-state index contributed by atoms with van der Waals surface area (Å²) in [4.78, 5) is 46.4. The zero-order valence-corrected chi connectivity index (χ0v) is 19.3. The predicted octanol–water partition coefficient (Wildman–Crippen LogP) is 3.63. The molecule has 0 atom stereocenters. The molecule has 1 amide bonds. The van der Waals surface area contributed by atoms with E-state index in [-0.39, 0.29) is 27.9 Å². The Kier molecular flexibility index (Phi) is 6.17. The van der Waals surface area contributed by atoms with Crippen LogP contribution in [0.2, 0.25) is 0 Å². The van der Waals surface area contributed by atoms with Gasteiger partial charge in [-0.15, -0.1) is 0 Å². The highest BCUT2D eigenvalue weighted by atomic mass is 16.4. The highest BCUT2D eigenvalue weighted by Crippen LogP contribution is 2.36. The maximum Gasteiger partial charge on any atom is 0.322 e. The Bertz CT molecular complexity index is 1690. The fraction of sp³-hybridized carbons (Fsp3) is 0.0357. The molecule has 0 saturated carbocycles. The lowest BCUT2D eigenvalue weighted by atomic mass is 10.0. The Hall–Kier alpha value is -5.31. The number of aromatic hydroxyl groups is 1. The third-order valence-electron chi connectivity index (χ3n) is 5.78. The number of fused-ring (bicyclic) bond motifs is 1. The molecule has 9 nitrogen and oxygen atoms in total. The van der Waals surface area contributed by atoms with Crippen LogP contribution in [0.4, 0.5) is 0 Å². The molecular weight excluding hydrogens is 472 g/mol. The van der Waals surface area contributed by atoms with Crippen molar-refractivity contribution in [1.82, 2.24) is 19.9 Å². The maximum absolute atomic E-state index is 14.0. The number of amides is 1. The van der Waals surface area contributed by atoms with E-state index >= 15 is 0 Å². The molecule has 5 aromatic rings. The van der Waals surface area contributed by atoms with Crippen molar-refractivity contribution in [2.45, 2.75) is 0 Å². The number of hydrogen-bond donors (Lipinski definition) is 3. The second-order valence-corrected chi connectivity index (χ2v) is 8.14. The quantitative estimate of drug-likeness (QED) is 0.329. The molecule has 182 valence electrons. The number of carbonyl (C=O) groups is 2. The van der Waals surface area contributed by atoms with Gasteiger partial charge in [0.05, 0.1) is 11.2 Å². The number of carboxylic acid groups (broad SMARTS) is 1. The minimum absolute atomic E-state index is 0.191. The van der Waals surface area contributed by atoms with Gasteiger partial charge in [-0.05, 0) is 35.9 Å². The fourth-order valence-corrected chi connectivity index (χ4v) is 4.13. The highest BCUT2D eigenvalue weighted by Gasteiger charge is 2.25. The van der Waals surface area contributed by atoms with Crippen molar-refractivity contribution in [2.75, 3.05) is 6.54 Å².